The van der Waals surface area contributed by atoms with Gasteiger partial charge in [0.2, 0.25) is 0 Å². The number of nitrogens with two attached hydrogens (primary N) is 1. The molecule has 0 radical (unpaired) electrons. The van der Waals surface area contributed by atoms with Crippen molar-refractivity contribution in [1.82, 2.24) is 4.98 Å². The summed E-state index contributed by atoms with van der Waals surface area (Å²) in [6.45, 7) is 0. The van der Waals surface area contributed by atoms with Crippen LogP contribution < -0.4 is 5.73 Å². The molecule has 0 amide bonds. The van der Waals surface area contributed by atoms with Crippen molar-refractivity contribution in [3.8, 4) is 0 Å². The third-order valence-electron chi connectivity index (χ3n) is 1.95. The van der Waals surface area contributed by atoms with E-state index >= 15 is 0 Å². The Balaban J connectivity index is 1.97. The third kappa shape index (κ3) is 2.97. The molecule has 2 aromatic rings. The van der Waals surface area contributed by atoms with Gasteiger partial charge in [-0.1, -0.05) is 11.8 Å². The largest absolute Gasteiger partial charge is 0.433 e. The molecule has 0 unspecified atom stereocenters. The molecule has 17 heavy (non-hydrogen) atoms. The molecule has 0 saturated heterocycles. The summed E-state index contributed by atoms with van der Waals surface area (Å²) in [6.07, 6.45) is 1.56. The van der Waals surface area contributed by atoms with Gasteiger partial charge >= 0.3 is 5.88 Å². The number of furan rings is 1. The van der Waals surface area contributed by atoms with Gasteiger partial charge in [-0.25, -0.2) is 4.98 Å². The fourth-order valence-corrected chi connectivity index (χ4v) is 1.90. The molecule has 0 bridgehead atoms. The maximum atomic E-state index is 10.4. The van der Waals surface area contributed by atoms with Gasteiger partial charge in [0.1, 0.15) is 10.7 Å². The average Bonchev–Trinajstić information content (AvgIpc) is 2.77. The smallest absolute Gasteiger partial charge is 0.405 e. The van der Waals surface area contributed by atoms with Gasteiger partial charge in [-0.05, 0) is 18.2 Å². The molecule has 0 fully saturated rings. The first-order chi connectivity index (χ1) is 8.15. The van der Waals surface area contributed by atoms with Crippen LogP contribution in [0, 0.1) is 10.1 Å². The van der Waals surface area contributed by atoms with E-state index in [1.54, 1.807) is 24.4 Å². The van der Waals surface area contributed by atoms with E-state index in [0.717, 1.165) is 5.03 Å². The lowest BCUT2D eigenvalue weighted by Crippen LogP contribution is -1.87. The lowest BCUT2D eigenvalue weighted by atomic mass is 10.4. The van der Waals surface area contributed by atoms with E-state index in [-0.39, 0.29) is 5.88 Å². The molecule has 2 heterocycles. The van der Waals surface area contributed by atoms with E-state index in [4.69, 9.17) is 10.2 Å². The molecule has 0 aliphatic rings. The minimum absolute atomic E-state index is 0.245. The van der Waals surface area contributed by atoms with Gasteiger partial charge in [0, 0.05) is 0 Å². The van der Waals surface area contributed by atoms with Gasteiger partial charge in [0.15, 0.2) is 0 Å². The lowest BCUT2D eigenvalue weighted by Gasteiger charge is -1.98. The van der Waals surface area contributed by atoms with E-state index in [9.17, 15) is 10.1 Å². The second-order valence-electron chi connectivity index (χ2n) is 3.22. The molecule has 0 aliphatic carbocycles. The number of hydrogen-bond donors (Lipinski definition) is 1. The van der Waals surface area contributed by atoms with Crippen LogP contribution in [0.3, 0.4) is 0 Å². The Hall–Kier alpha value is -2.02. The normalized spacial score (nSPS) is 10.4. The van der Waals surface area contributed by atoms with E-state index in [0.29, 0.717) is 17.2 Å². The Labute approximate surface area is 101 Å². The molecule has 0 spiro atoms. The van der Waals surface area contributed by atoms with Gasteiger partial charge in [0.05, 0.1) is 28.7 Å². The monoisotopic (exact) mass is 251 g/mol. The zero-order chi connectivity index (χ0) is 12.3. The van der Waals surface area contributed by atoms with Crippen LogP contribution >= 0.6 is 11.8 Å². The first-order valence-electron chi connectivity index (χ1n) is 4.72. The van der Waals surface area contributed by atoms with Gasteiger partial charge in [-0.2, -0.15) is 0 Å². The summed E-state index contributed by atoms with van der Waals surface area (Å²) in [5, 5.41) is 11.2. The van der Waals surface area contributed by atoms with Gasteiger partial charge in [-0.3, -0.25) is 10.1 Å². The van der Waals surface area contributed by atoms with Crippen LogP contribution in [0.5, 0.6) is 0 Å². The first-order valence-corrected chi connectivity index (χ1v) is 5.71. The summed E-state index contributed by atoms with van der Waals surface area (Å²) in [6, 6.07) is 6.46. The van der Waals surface area contributed by atoms with E-state index in [2.05, 4.69) is 4.98 Å². The maximum absolute atomic E-state index is 10.4. The van der Waals surface area contributed by atoms with Crippen molar-refractivity contribution in [2.24, 2.45) is 0 Å². The van der Waals surface area contributed by atoms with Crippen molar-refractivity contribution in [1.29, 1.82) is 0 Å². The highest BCUT2D eigenvalue weighted by atomic mass is 32.2. The second-order valence-corrected chi connectivity index (χ2v) is 4.21. The van der Waals surface area contributed by atoms with Gasteiger partial charge in [0.25, 0.3) is 0 Å². The Bertz CT molecular complexity index is 524. The molecule has 6 nitrogen and oxygen atoms in total. The fourth-order valence-electron chi connectivity index (χ4n) is 1.16. The number of nitrogen functional groups attached to an aromatic ring is 1. The summed E-state index contributed by atoms with van der Waals surface area (Å²) >= 11 is 1.42. The van der Waals surface area contributed by atoms with Crippen LogP contribution in [0.15, 0.2) is 39.9 Å². The van der Waals surface area contributed by atoms with Crippen molar-refractivity contribution >= 4 is 23.3 Å². The van der Waals surface area contributed by atoms with Crippen molar-refractivity contribution in [2.45, 2.75) is 10.8 Å². The molecule has 0 atom stereocenters. The Morgan fingerprint density at radius 3 is 2.82 bits per heavy atom. The van der Waals surface area contributed by atoms with Crippen LogP contribution in [0.1, 0.15) is 5.76 Å². The van der Waals surface area contributed by atoms with Crippen molar-refractivity contribution in [3.63, 3.8) is 0 Å². The van der Waals surface area contributed by atoms with Crippen LogP contribution in [-0.4, -0.2) is 9.91 Å². The zero-order valence-corrected chi connectivity index (χ0v) is 9.52. The van der Waals surface area contributed by atoms with Gasteiger partial charge in [-0.15, -0.1) is 0 Å². The van der Waals surface area contributed by atoms with E-state index in [1.165, 1.54) is 17.8 Å². The molecular formula is C10H9N3O3S. The van der Waals surface area contributed by atoms with Crippen LogP contribution in [0.4, 0.5) is 11.6 Å². The molecule has 0 saturated carbocycles. The number of anilines is 1. The quantitative estimate of drug-likeness (QED) is 0.509. The highest BCUT2D eigenvalue weighted by Crippen LogP contribution is 2.24. The summed E-state index contributed by atoms with van der Waals surface area (Å²) in [5.41, 5.74) is 6.11. The van der Waals surface area contributed by atoms with Crippen molar-refractivity contribution in [2.75, 3.05) is 5.73 Å². The fraction of sp³-hybridized carbons (Fsp3) is 0.100. The predicted molar refractivity (Wildman–Crippen MR) is 63.6 cm³/mol. The Morgan fingerprint density at radius 1 is 1.41 bits per heavy atom. The summed E-state index contributed by atoms with van der Waals surface area (Å²) in [7, 11) is 0. The molecular weight excluding hydrogens is 242 g/mol. The third-order valence-corrected chi connectivity index (χ3v) is 2.92. The van der Waals surface area contributed by atoms with Crippen LogP contribution in [0.25, 0.3) is 0 Å². The van der Waals surface area contributed by atoms with Gasteiger partial charge < -0.3 is 10.2 Å². The summed E-state index contributed by atoms with van der Waals surface area (Å²) < 4.78 is 5.02. The van der Waals surface area contributed by atoms with Crippen LogP contribution in [-0.2, 0) is 5.75 Å². The maximum Gasteiger partial charge on any atom is 0.433 e. The van der Waals surface area contributed by atoms with E-state index < -0.39 is 4.92 Å². The predicted octanol–water partition coefficient (Wildman–Crippen LogP) is 2.46. The zero-order valence-electron chi connectivity index (χ0n) is 8.70. The van der Waals surface area contributed by atoms with E-state index in [1.807, 2.05) is 0 Å². The molecule has 0 aromatic carbocycles. The molecule has 7 heteroatoms. The van der Waals surface area contributed by atoms with Crippen LogP contribution in [0.2, 0.25) is 0 Å². The highest BCUT2D eigenvalue weighted by molar-refractivity contribution is 7.98. The Kier molecular flexibility index (Phi) is 3.29. The second kappa shape index (κ2) is 4.88. The number of hydrogen-bond acceptors (Lipinski definition) is 6. The number of nitro groups is 1. The molecule has 0 aliphatic heterocycles. The van der Waals surface area contributed by atoms with Crippen molar-refractivity contribution in [3.05, 3.63) is 46.3 Å². The number of pyridine rings is 1. The lowest BCUT2D eigenvalue weighted by molar-refractivity contribution is -0.402. The summed E-state index contributed by atoms with van der Waals surface area (Å²) in [4.78, 5) is 13.9. The molecule has 2 aromatic heterocycles. The minimum atomic E-state index is -0.560. The molecule has 2 N–H and O–H groups in total. The topological polar surface area (TPSA) is 95.2 Å². The Morgan fingerprint density at radius 2 is 2.24 bits per heavy atom. The molecule has 88 valence electrons. The summed E-state index contributed by atoms with van der Waals surface area (Å²) in [5.74, 6) is 0.788. The number of aromatic nitrogens is 1. The molecule has 2 rings (SSSR count). The number of rotatable bonds is 4. The van der Waals surface area contributed by atoms with Crippen molar-refractivity contribution < 1.29 is 9.34 Å². The highest BCUT2D eigenvalue weighted by Gasteiger charge is 2.11. The number of nitrogens with zero attached hydrogens (tertiary/aromatic N) is 2. The SMILES string of the molecule is Nc1ccc(SCc2ccc([N+](=O)[O-])o2)nc1. The number of thioether (sulfide) groups is 1. The standard InChI is InChI=1S/C10H9N3O3S/c11-7-1-3-9(12-5-7)17-6-8-2-4-10(16-8)13(14)15/h1-5H,6,11H2. The average molecular weight is 251 g/mol. The minimum Gasteiger partial charge on any atom is -0.405 e. The first kappa shape index (κ1) is 11.5.